The Kier molecular flexibility index (Phi) is 5.03. The van der Waals surface area contributed by atoms with Crippen molar-refractivity contribution in [3.05, 3.63) is 72.3 Å². The first-order valence-corrected chi connectivity index (χ1v) is 7.98. The molecule has 1 aliphatic heterocycles. The molecular formula is C20H18N2O4. The summed E-state index contributed by atoms with van der Waals surface area (Å²) in [6.07, 6.45) is 3.16. The van der Waals surface area contributed by atoms with Gasteiger partial charge < -0.3 is 9.47 Å². The maximum atomic E-state index is 12.6. The molecule has 0 saturated carbocycles. The van der Waals surface area contributed by atoms with Crippen LogP contribution in [0.2, 0.25) is 0 Å². The fourth-order valence-electron chi connectivity index (χ4n) is 2.52. The molecule has 26 heavy (non-hydrogen) atoms. The fourth-order valence-corrected chi connectivity index (χ4v) is 2.52. The minimum Gasteiger partial charge on any atom is -0.493 e. The number of carbonyl (C=O) groups excluding carboxylic acids is 2. The first-order chi connectivity index (χ1) is 12.6. The number of nitrogens with zero attached hydrogens (tertiary/aromatic N) is 1. The second kappa shape index (κ2) is 7.57. The van der Waals surface area contributed by atoms with E-state index in [1.54, 1.807) is 48.5 Å². The Bertz CT molecular complexity index is 875. The third kappa shape index (κ3) is 3.44. The van der Waals surface area contributed by atoms with E-state index in [2.05, 4.69) is 12.0 Å². The predicted octanol–water partition coefficient (Wildman–Crippen LogP) is 2.72. The van der Waals surface area contributed by atoms with Crippen molar-refractivity contribution in [2.75, 3.05) is 18.7 Å². The van der Waals surface area contributed by atoms with Gasteiger partial charge in [-0.05, 0) is 35.9 Å². The quantitative estimate of drug-likeness (QED) is 0.494. The van der Waals surface area contributed by atoms with Gasteiger partial charge in [0.2, 0.25) is 0 Å². The number of hydrogen-bond acceptors (Lipinski definition) is 4. The van der Waals surface area contributed by atoms with Crippen molar-refractivity contribution in [1.29, 1.82) is 0 Å². The average molecular weight is 350 g/mol. The van der Waals surface area contributed by atoms with E-state index in [-0.39, 0.29) is 5.57 Å². The first kappa shape index (κ1) is 17.3. The summed E-state index contributed by atoms with van der Waals surface area (Å²) in [5.41, 5.74) is 3.87. The average Bonchev–Trinajstić information content (AvgIpc) is 2.95. The number of methoxy groups -OCH3 is 1. The second-order valence-corrected chi connectivity index (χ2v) is 5.49. The minimum atomic E-state index is -0.454. The van der Waals surface area contributed by atoms with Gasteiger partial charge in [0.05, 0.1) is 12.8 Å². The van der Waals surface area contributed by atoms with Gasteiger partial charge in [0.15, 0.2) is 11.5 Å². The molecule has 1 N–H and O–H groups in total. The van der Waals surface area contributed by atoms with E-state index < -0.39 is 11.8 Å². The van der Waals surface area contributed by atoms with Crippen LogP contribution in [0.5, 0.6) is 11.5 Å². The molecule has 132 valence electrons. The molecule has 1 aliphatic rings. The predicted molar refractivity (Wildman–Crippen MR) is 98.7 cm³/mol. The second-order valence-electron chi connectivity index (χ2n) is 5.49. The van der Waals surface area contributed by atoms with Gasteiger partial charge in [-0.25, -0.2) is 5.01 Å². The van der Waals surface area contributed by atoms with Crippen LogP contribution in [0.4, 0.5) is 5.69 Å². The molecule has 0 spiro atoms. The molecule has 0 bridgehead atoms. The van der Waals surface area contributed by atoms with Crippen molar-refractivity contribution in [1.82, 2.24) is 5.43 Å². The minimum absolute atomic E-state index is 0.0515. The van der Waals surface area contributed by atoms with Crippen molar-refractivity contribution in [2.45, 2.75) is 0 Å². The van der Waals surface area contributed by atoms with Crippen LogP contribution in [0.1, 0.15) is 5.56 Å². The Morgan fingerprint density at radius 3 is 2.58 bits per heavy atom. The molecule has 0 radical (unpaired) electrons. The van der Waals surface area contributed by atoms with Gasteiger partial charge in [-0.3, -0.25) is 15.0 Å². The molecular weight excluding hydrogens is 332 g/mol. The standard InChI is InChI=1S/C20H18N2O4/c1-3-11-26-17-10-9-14(13-18(17)25-2)12-16-19(23)21-22(20(16)24)15-7-5-4-6-8-15/h3-10,12-13H,1,11H2,2H3,(H,21,23). The summed E-state index contributed by atoms with van der Waals surface area (Å²) in [5.74, 6) is 0.201. The number of anilines is 1. The van der Waals surface area contributed by atoms with E-state index >= 15 is 0 Å². The molecule has 2 amide bonds. The van der Waals surface area contributed by atoms with Crippen molar-refractivity contribution in [3.63, 3.8) is 0 Å². The van der Waals surface area contributed by atoms with E-state index in [0.717, 1.165) is 0 Å². The number of amides is 2. The summed E-state index contributed by atoms with van der Waals surface area (Å²) in [4.78, 5) is 24.8. The van der Waals surface area contributed by atoms with Crippen LogP contribution >= 0.6 is 0 Å². The van der Waals surface area contributed by atoms with Gasteiger partial charge in [-0.15, -0.1) is 0 Å². The zero-order chi connectivity index (χ0) is 18.5. The molecule has 0 aliphatic carbocycles. The van der Waals surface area contributed by atoms with Crippen molar-refractivity contribution in [3.8, 4) is 11.5 Å². The van der Waals surface area contributed by atoms with E-state index in [9.17, 15) is 9.59 Å². The molecule has 2 aromatic carbocycles. The zero-order valence-electron chi connectivity index (χ0n) is 14.3. The summed E-state index contributed by atoms with van der Waals surface area (Å²) in [7, 11) is 1.53. The third-order valence-corrected chi connectivity index (χ3v) is 3.76. The number of ether oxygens (including phenoxy) is 2. The summed E-state index contributed by atoms with van der Waals surface area (Å²) < 4.78 is 10.8. The van der Waals surface area contributed by atoms with E-state index in [0.29, 0.717) is 29.4 Å². The summed E-state index contributed by atoms with van der Waals surface area (Å²) >= 11 is 0. The first-order valence-electron chi connectivity index (χ1n) is 7.98. The number of benzene rings is 2. The Balaban J connectivity index is 1.88. The Hall–Kier alpha value is -3.54. The molecule has 6 nitrogen and oxygen atoms in total. The number of hydrogen-bond donors (Lipinski definition) is 1. The van der Waals surface area contributed by atoms with Gasteiger partial charge in [-0.1, -0.05) is 36.9 Å². The number of para-hydroxylation sites is 1. The Morgan fingerprint density at radius 2 is 1.88 bits per heavy atom. The van der Waals surface area contributed by atoms with E-state index in [1.165, 1.54) is 18.2 Å². The van der Waals surface area contributed by atoms with Crippen molar-refractivity contribution >= 4 is 23.6 Å². The molecule has 6 heteroatoms. The molecule has 2 aromatic rings. The molecule has 0 aromatic heterocycles. The lowest BCUT2D eigenvalue weighted by molar-refractivity contribution is -0.117. The molecule has 1 saturated heterocycles. The molecule has 3 rings (SSSR count). The monoisotopic (exact) mass is 350 g/mol. The van der Waals surface area contributed by atoms with E-state index in [4.69, 9.17) is 9.47 Å². The van der Waals surface area contributed by atoms with Crippen LogP contribution in [0.25, 0.3) is 6.08 Å². The van der Waals surface area contributed by atoms with Gasteiger partial charge in [-0.2, -0.15) is 0 Å². The number of hydrazine groups is 1. The summed E-state index contributed by atoms with van der Waals surface area (Å²) in [6.45, 7) is 3.96. The van der Waals surface area contributed by atoms with Crippen LogP contribution in [0, 0.1) is 0 Å². The third-order valence-electron chi connectivity index (χ3n) is 3.76. The lowest BCUT2D eigenvalue weighted by Crippen LogP contribution is -2.35. The maximum absolute atomic E-state index is 12.6. The normalized spacial score (nSPS) is 15.1. The topological polar surface area (TPSA) is 67.9 Å². The van der Waals surface area contributed by atoms with Gasteiger partial charge in [0.25, 0.3) is 11.8 Å². The van der Waals surface area contributed by atoms with Gasteiger partial charge in [0, 0.05) is 0 Å². The number of nitrogens with one attached hydrogen (secondary N) is 1. The highest BCUT2D eigenvalue weighted by molar-refractivity contribution is 6.31. The largest absolute Gasteiger partial charge is 0.493 e. The smallest absolute Gasteiger partial charge is 0.282 e. The SMILES string of the molecule is C=CCOc1ccc(C=C2C(=O)NN(c3ccccc3)C2=O)cc1OC. The van der Waals surface area contributed by atoms with Gasteiger partial charge in [0.1, 0.15) is 12.2 Å². The lowest BCUT2D eigenvalue weighted by atomic mass is 10.1. The van der Waals surface area contributed by atoms with Crippen LogP contribution in [-0.4, -0.2) is 25.5 Å². The van der Waals surface area contributed by atoms with Crippen molar-refractivity contribution < 1.29 is 19.1 Å². The molecule has 1 fully saturated rings. The lowest BCUT2D eigenvalue weighted by Gasteiger charge is -2.13. The number of rotatable bonds is 6. The van der Waals surface area contributed by atoms with Gasteiger partial charge >= 0.3 is 0 Å². The highest BCUT2D eigenvalue weighted by Gasteiger charge is 2.34. The summed E-state index contributed by atoms with van der Waals surface area (Å²) in [6, 6.07) is 14.1. The number of carbonyl (C=O) groups is 2. The van der Waals surface area contributed by atoms with Crippen LogP contribution in [-0.2, 0) is 9.59 Å². The highest BCUT2D eigenvalue weighted by Crippen LogP contribution is 2.29. The van der Waals surface area contributed by atoms with Crippen molar-refractivity contribution in [2.24, 2.45) is 0 Å². The Morgan fingerprint density at radius 1 is 1.12 bits per heavy atom. The van der Waals surface area contributed by atoms with Crippen LogP contribution in [0.15, 0.2) is 66.8 Å². The molecule has 0 unspecified atom stereocenters. The van der Waals surface area contributed by atoms with Crippen LogP contribution < -0.4 is 19.9 Å². The Labute approximate surface area is 151 Å². The maximum Gasteiger partial charge on any atom is 0.282 e. The summed E-state index contributed by atoms with van der Waals surface area (Å²) in [5, 5.41) is 1.23. The highest BCUT2D eigenvalue weighted by atomic mass is 16.5. The van der Waals surface area contributed by atoms with Crippen LogP contribution in [0.3, 0.4) is 0 Å². The molecule has 1 heterocycles. The zero-order valence-corrected chi connectivity index (χ0v) is 14.3. The fraction of sp³-hybridized carbons (Fsp3) is 0.100. The van der Waals surface area contributed by atoms with E-state index in [1.807, 2.05) is 6.07 Å². The molecule has 0 atom stereocenters.